The summed E-state index contributed by atoms with van der Waals surface area (Å²) in [5.41, 5.74) is -0.175. The summed E-state index contributed by atoms with van der Waals surface area (Å²) in [6.45, 7) is 8.58. The molecular formula is C22H28F2N4O3. The van der Waals surface area contributed by atoms with Crippen molar-refractivity contribution in [1.82, 2.24) is 19.9 Å². The normalized spacial score (nSPS) is 15.1. The highest BCUT2D eigenvalue weighted by atomic mass is 19.1. The molecule has 1 aliphatic rings. The van der Waals surface area contributed by atoms with Gasteiger partial charge in [-0.3, -0.25) is 14.5 Å². The molecule has 0 radical (unpaired) electrons. The molecule has 9 heteroatoms. The van der Waals surface area contributed by atoms with Gasteiger partial charge in [0.2, 0.25) is 0 Å². The summed E-state index contributed by atoms with van der Waals surface area (Å²) in [6.07, 6.45) is 0.666. The van der Waals surface area contributed by atoms with E-state index in [-0.39, 0.29) is 0 Å². The molecule has 0 saturated carbocycles. The van der Waals surface area contributed by atoms with E-state index in [0.29, 0.717) is 45.7 Å². The second kappa shape index (κ2) is 10.00. The third kappa shape index (κ3) is 5.10. The molecule has 2 aromatic rings. The minimum absolute atomic E-state index is 0.332. The van der Waals surface area contributed by atoms with Crippen molar-refractivity contribution in [2.24, 2.45) is 0 Å². The molecule has 3 rings (SSSR count). The Hall–Kier alpha value is -2.81. The fourth-order valence-corrected chi connectivity index (χ4v) is 3.85. The number of nitrogens with zero attached hydrogens (tertiary/aromatic N) is 4. The molecule has 7 nitrogen and oxygen atoms in total. The van der Waals surface area contributed by atoms with Crippen LogP contribution in [0.15, 0.2) is 22.7 Å². The molecule has 2 heterocycles. The highest BCUT2D eigenvalue weighted by Crippen LogP contribution is 2.22. The number of carbonyl (C=O) groups excluding carboxylic acids is 2. The summed E-state index contributed by atoms with van der Waals surface area (Å²) in [6, 6.07) is 3.66. The van der Waals surface area contributed by atoms with Gasteiger partial charge in [0.25, 0.3) is 11.8 Å². The molecule has 0 unspecified atom stereocenters. The molecule has 2 amide bonds. The zero-order valence-electron chi connectivity index (χ0n) is 18.2. The van der Waals surface area contributed by atoms with Crippen LogP contribution in [0.4, 0.5) is 8.78 Å². The molecule has 1 aromatic carbocycles. The van der Waals surface area contributed by atoms with E-state index < -0.39 is 34.6 Å². The van der Waals surface area contributed by atoms with Gasteiger partial charge in [-0.1, -0.05) is 5.16 Å². The van der Waals surface area contributed by atoms with Crippen molar-refractivity contribution >= 4 is 11.8 Å². The van der Waals surface area contributed by atoms with E-state index in [1.807, 2.05) is 13.0 Å². The van der Waals surface area contributed by atoms with Gasteiger partial charge in [-0.2, -0.15) is 0 Å². The first-order valence-electron chi connectivity index (χ1n) is 10.6. The van der Waals surface area contributed by atoms with Crippen LogP contribution >= 0.6 is 0 Å². The van der Waals surface area contributed by atoms with Crippen molar-refractivity contribution in [1.29, 1.82) is 0 Å². The van der Waals surface area contributed by atoms with Gasteiger partial charge in [-0.15, -0.1) is 0 Å². The van der Waals surface area contributed by atoms with E-state index >= 15 is 0 Å². The maximum Gasteiger partial charge on any atom is 0.257 e. The summed E-state index contributed by atoms with van der Waals surface area (Å²) in [4.78, 5) is 31.1. The van der Waals surface area contributed by atoms with Crippen LogP contribution in [0.2, 0.25) is 0 Å². The number of rotatable bonds is 6. The minimum Gasteiger partial charge on any atom is -0.361 e. The molecule has 31 heavy (non-hydrogen) atoms. The van der Waals surface area contributed by atoms with Crippen LogP contribution in [0.1, 0.15) is 52.4 Å². The highest BCUT2D eigenvalue weighted by molar-refractivity contribution is 6.07. The first-order valence-corrected chi connectivity index (χ1v) is 10.6. The summed E-state index contributed by atoms with van der Waals surface area (Å²) in [5.74, 6) is -2.39. The summed E-state index contributed by atoms with van der Waals surface area (Å²) in [7, 11) is 0. The molecule has 0 aliphatic carbocycles. The standard InChI is InChI=1S/C22H28F2N4O3/c1-4-27(5-2)21(29)19-17(23)7-8-18(24)20(19)22(30)28-10-6-9-26(11-12-28)14-16-13-15(3)31-25-16/h7-8,13H,4-6,9-12,14H2,1-3H3. The van der Waals surface area contributed by atoms with Gasteiger partial charge in [0.1, 0.15) is 17.4 Å². The number of halogens is 2. The Kier molecular flexibility index (Phi) is 7.37. The summed E-state index contributed by atoms with van der Waals surface area (Å²) in [5, 5.41) is 4.00. The third-order valence-electron chi connectivity index (χ3n) is 5.52. The van der Waals surface area contributed by atoms with E-state index in [2.05, 4.69) is 10.1 Å². The number of benzene rings is 1. The van der Waals surface area contributed by atoms with E-state index in [9.17, 15) is 18.4 Å². The second-order valence-corrected chi connectivity index (χ2v) is 7.61. The molecule has 0 spiro atoms. The maximum atomic E-state index is 14.7. The lowest BCUT2D eigenvalue weighted by Crippen LogP contribution is -2.38. The smallest absolute Gasteiger partial charge is 0.257 e. The average molecular weight is 434 g/mol. The topological polar surface area (TPSA) is 69.9 Å². The molecule has 1 saturated heterocycles. The first kappa shape index (κ1) is 22.9. The van der Waals surface area contributed by atoms with Crippen LogP contribution in [0.25, 0.3) is 0 Å². The lowest BCUT2D eigenvalue weighted by atomic mass is 10.0. The first-order chi connectivity index (χ1) is 14.8. The maximum absolute atomic E-state index is 14.7. The number of aryl methyl sites for hydroxylation is 1. The SMILES string of the molecule is CCN(CC)C(=O)c1c(F)ccc(F)c1C(=O)N1CCCN(Cc2cc(C)on2)CC1. The second-order valence-electron chi connectivity index (χ2n) is 7.61. The quantitative estimate of drug-likeness (QED) is 0.699. The summed E-state index contributed by atoms with van der Waals surface area (Å²) >= 11 is 0. The number of aromatic nitrogens is 1. The van der Waals surface area contributed by atoms with Crippen molar-refractivity contribution in [3.8, 4) is 0 Å². The molecule has 1 fully saturated rings. The van der Waals surface area contributed by atoms with Crippen molar-refractivity contribution < 1.29 is 22.9 Å². The number of hydrogen-bond acceptors (Lipinski definition) is 5. The lowest BCUT2D eigenvalue weighted by molar-refractivity contribution is 0.0719. The van der Waals surface area contributed by atoms with Gasteiger partial charge in [0, 0.05) is 51.9 Å². The minimum atomic E-state index is -0.889. The zero-order valence-corrected chi connectivity index (χ0v) is 18.2. The van der Waals surface area contributed by atoms with Crippen LogP contribution in [0, 0.1) is 18.6 Å². The van der Waals surface area contributed by atoms with Crippen molar-refractivity contribution in [3.05, 3.63) is 52.4 Å². The number of hydrogen-bond donors (Lipinski definition) is 0. The van der Waals surface area contributed by atoms with E-state index in [1.54, 1.807) is 13.8 Å². The van der Waals surface area contributed by atoms with E-state index in [1.165, 1.54) is 9.80 Å². The average Bonchev–Trinajstić information content (AvgIpc) is 3.01. The lowest BCUT2D eigenvalue weighted by Gasteiger charge is -2.25. The van der Waals surface area contributed by atoms with Gasteiger partial charge in [0.15, 0.2) is 0 Å². The van der Waals surface area contributed by atoms with E-state index in [4.69, 9.17) is 4.52 Å². The number of carbonyl (C=O) groups is 2. The fraction of sp³-hybridized carbons (Fsp3) is 0.500. The van der Waals surface area contributed by atoms with E-state index in [0.717, 1.165) is 30.1 Å². The van der Waals surface area contributed by atoms with Gasteiger partial charge in [-0.25, -0.2) is 8.78 Å². The summed E-state index contributed by atoms with van der Waals surface area (Å²) < 4.78 is 34.4. The van der Waals surface area contributed by atoms with Crippen molar-refractivity contribution in [3.63, 3.8) is 0 Å². The predicted molar refractivity (Wildman–Crippen MR) is 111 cm³/mol. The predicted octanol–water partition coefficient (Wildman–Crippen LogP) is 3.09. The van der Waals surface area contributed by atoms with Crippen LogP contribution in [0.5, 0.6) is 0 Å². The fourth-order valence-electron chi connectivity index (χ4n) is 3.85. The Morgan fingerprint density at radius 3 is 2.35 bits per heavy atom. The van der Waals surface area contributed by atoms with Crippen LogP contribution < -0.4 is 0 Å². The molecule has 0 N–H and O–H groups in total. The Morgan fingerprint density at radius 1 is 1.06 bits per heavy atom. The zero-order chi connectivity index (χ0) is 22.5. The van der Waals surface area contributed by atoms with Crippen LogP contribution in [0.3, 0.4) is 0 Å². The van der Waals surface area contributed by atoms with Crippen molar-refractivity contribution in [2.45, 2.75) is 33.7 Å². The van der Waals surface area contributed by atoms with Crippen molar-refractivity contribution in [2.75, 3.05) is 39.3 Å². The van der Waals surface area contributed by atoms with Gasteiger partial charge in [0.05, 0.1) is 16.8 Å². The molecular weight excluding hydrogens is 406 g/mol. The van der Waals surface area contributed by atoms with Gasteiger partial charge in [-0.05, 0) is 39.3 Å². The number of amides is 2. The monoisotopic (exact) mass is 434 g/mol. The Bertz CT molecular complexity index is 943. The molecule has 1 aliphatic heterocycles. The van der Waals surface area contributed by atoms with Gasteiger partial charge >= 0.3 is 0 Å². The van der Waals surface area contributed by atoms with Crippen LogP contribution in [-0.4, -0.2) is 70.9 Å². The molecule has 0 bridgehead atoms. The van der Waals surface area contributed by atoms with Gasteiger partial charge < -0.3 is 14.3 Å². The molecule has 168 valence electrons. The van der Waals surface area contributed by atoms with Crippen LogP contribution in [-0.2, 0) is 6.54 Å². The largest absolute Gasteiger partial charge is 0.361 e. The Balaban J connectivity index is 1.81. The third-order valence-corrected chi connectivity index (χ3v) is 5.52. The highest BCUT2D eigenvalue weighted by Gasteiger charge is 2.31. The Labute approximate surface area is 180 Å². The molecule has 1 aromatic heterocycles. The molecule has 0 atom stereocenters. The Morgan fingerprint density at radius 2 is 1.74 bits per heavy atom.